The van der Waals surface area contributed by atoms with Crippen molar-refractivity contribution in [1.29, 1.82) is 0 Å². The number of ether oxygens (including phenoxy) is 1. The zero-order chi connectivity index (χ0) is 14.5. The molecular formula is C12H14ClNO4S. The maximum atomic E-state index is 11.7. The van der Waals surface area contributed by atoms with Crippen LogP contribution in [0.3, 0.4) is 0 Å². The van der Waals surface area contributed by atoms with E-state index in [1.807, 2.05) is 0 Å². The minimum absolute atomic E-state index is 0.0333. The van der Waals surface area contributed by atoms with Crippen LogP contribution >= 0.6 is 11.6 Å². The molecule has 0 aliphatic carbocycles. The van der Waals surface area contributed by atoms with Crippen molar-refractivity contribution in [2.75, 3.05) is 13.7 Å². The number of hydrogen-bond donors (Lipinski definition) is 1. The lowest BCUT2D eigenvalue weighted by molar-refractivity contribution is -0.137. The van der Waals surface area contributed by atoms with Gasteiger partial charge in [0, 0.05) is 11.1 Å². The van der Waals surface area contributed by atoms with E-state index in [1.54, 1.807) is 13.0 Å². The Labute approximate surface area is 117 Å². The molecule has 0 amide bonds. The van der Waals surface area contributed by atoms with Crippen LogP contribution in [-0.2, 0) is 19.6 Å². The summed E-state index contributed by atoms with van der Waals surface area (Å²) < 4.78 is 30.2. The van der Waals surface area contributed by atoms with Crippen LogP contribution in [0, 0.1) is 0 Å². The molecule has 0 aliphatic rings. The fourth-order valence-electron chi connectivity index (χ4n) is 1.31. The average Bonchev–Trinajstić information content (AvgIpc) is 2.36. The van der Waals surface area contributed by atoms with Gasteiger partial charge in [0.2, 0.25) is 10.0 Å². The van der Waals surface area contributed by atoms with Crippen molar-refractivity contribution < 1.29 is 17.9 Å². The van der Waals surface area contributed by atoms with Crippen LogP contribution in [-0.4, -0.2) is 28.0 Å². The fraction of sp³-hybridized carbons (Fsp3) is 0.250. The Kier molecular flexibility index (Phi) is 5.53. The number of benzene rings is 1. The quantitative estimate of drug-likeness (QED) is 0.665. The van der Waals surface area contributed by atoms with E-state index in [0.717, 1.165) is 0 Å². The zero-order valence-electron chi connectivity index (χ0n) is 10.5. The molecule has 0 saturated heterocycles. The molecule has 0 heterocycles. The second kappa shape index (κ2) is 6.70. The third-order valence-electron chi connectivity index (χ3n) is 2.17. The molecule has 7 heteroatoms. The molecule has 5 nitrogen and oxygen atoms in total. The first-order valence-electron chi connectivity index (χ1n) is 5.48. The van der Waals surface area contributed by atoms with Gasteiger partial charge in [0.25, 0.3) is 0 Å². The highest BCUT2D eigenvalue weighted by Gasteiger charge is 2.12. The Hall–Kier alpha value is -1.37. The van der Waals surface area contributed by atoms with Crippen LogP contribution in [0.5, 0.6) is 0 Å². The first-order chi connectivity index (χ1) is 8.89. The Morgan fingerprint density at radius 3 is 2.68 bits per heavy atom. The van der Waals surface area contributed by atoms with Gasteiger partial charge in [0.1, 0.15) is 0 Å². The monoisotopic (exact) mass is 303 g/mol. The number of sulfonamides is 1. The number of esters is 1. The fourth-order valence-corrected chi connectivity index (χ4v) is 2.43. The third-order valence-corrected chi connectivity index (χ3v) is 3.78. The van der Waals surface area contributed by atoms with Crippen LogP contribution in [0.1, 0.15) is 12.5 Å². The van der Waals surface area contributed by atoms with E-state index in [2.05, 4.69) is 4.72 Å². The summed E-state index contributed by atoms with van der Waals surface area (Å²) >= 11 is 5.85. The maximum Gasteiger partial charge on any atom is 0.330 e. The molecule has 1 N–H and O–H groups in total. The van der Waals surface area contributed by atoms with Crippen molar-refractivity contribution in [3.8, 4) is 0 Å². The van der Waals surface area contributed by atoms with Gasteiger partial charge in [-0.25, -0.2) is 17.9 Å². The topological polar surface area (TPSA) is 72.5 Å². The highest BCUT2D eigenvalue weighted by Crippen LogP contribution is 2.19. The van der Waals surface area contributed by atoms with Gasteiger partial charge in [-0.15, -0.1) is 0 Å². The second-order valence-electron chi connectivity index (χ2n) is 3.51. The lowest BCUT2D eigenvalue weighted by atomic mass is 10.2. The van der Waals surface area contributed by atoms with Gasteiger partial charge >= 0.3 is 5.97 Å². The molecule has 1 aromatic rings. The van der Waals surface area contributed by atoms with Gasteiger partial charge in [-0.1, -0.05) is 11.6 Å². The van der Waals surface area contributed by atoms with Crippen molar-refractivity contribution in [3.05, 3.63) is 34.9 Å². The largest absolute Gasteiger partial charge is 0.463 e. The number of carbonyl (C=O) groups is 1. The van der Waals surface area contributed by atoms with Crippen molar-refractivity contribution in [2.24, 2.45) is 0 Å². The summed E-state index contributed by atoms with van der Waals surface area (Å²) in [6.07, 6.45) is 2.66. The van der Waals surface area contributed by atoms with Crippen LogP contribution in [0.15, 0.2) is 29.2 Å². The van der Waals surface area contributed by atoms with Gasteiger partial charge in [0.15, 0.2) is 0 Å². The van der Waals surface area contributed by atoms with Crippen LogP contribution in [0.2, 0.25) is 5.02 Å². The summed E-state index contributed by atoms with van der Waals surface area (Å²) in [6.45, 7) is 1.97. The van der Waals surface area contributed by atoms with E-state index in [4.69, 9.17) is 16.3 Å². The first kappa shape index (κ1) is 15.7. The molecule has 0 aromatic heterocycles. The number of carbonyl (C=O) groups excluding carboxylic acids is 1. The molecule has 0 bridgehead atoms. The highest BCUT2D eigenvalue weighted by molar-refractivity contribution is 7.89. The predicted octanol–water partition coefficient (Wildman–Crippen LogP) is 1.82. The lowest BCUT2D eigenvalue weighted by Gasteiger charge is -2.04. The average molecular weight is 304 g/mol. The minimum atomic E-state index is -3.58. The molecule has 0 radical (unpaired) electrons. The Bertz CT molecular complexity index is 596. The van der Waals surface area contributed by atoms with E-state index >= 15 is 0 Å². The van der Waals surface area contributed by atoms with E-state index in [9.17, 15) is 13.2 Å². The minimum Gasteiger partial charge on any atom is -0.463 e. The summed E-state index contributed by atoms with van der Waals surface area (Å²) in [5.41, 5.74) is 0.495. The molecule has 1 aromatic carbocycles. The Balaban J connectivity index is 3.08. The van der Waals surface area contributed by atoms with Gasteiger partial charge in [-0.3, -0.25) is 0 Å². The molecule has 0 aliphatic heterocycles. The molecule has 19 heavy (non-hydrogen) atoms. The smallest absolute Gasteiger partial charge is 0.330 e. The zero-order valence-corrected chi connectivity index (χ0v) is 12.1. The number of rotatable bonds is 5. The molecule has 0 fully saturated rings. The van der Waals surface area contributed by atoms with Gasteiger partial charge < -0.3 is 4.74 Å². The van der Waals surface area contributed by atoms with E-state index in [-0.39, 0.29) is 16.5 Å². The number of nitrogens with one attached hydrogen (secondary N) is 1. The van der Waals surface area contributed by atoms with E-state index in [0.29, 0.717) is 5.56 Å². The van der Waals surface area contributed by atoms with E-state index < -0.39 is 16.0 Å². The first-order valence-corrected chi connectivity index (χ1v) is 7.34. The summed E-state index contributed by atoms with van der Waals surface area (Å²) in [5, 5.41) is 0.264. The second-order valence-corrected chi connectivity index (χ2v) is 5.84. The summed E-state index contributed by atoms with van der Waals surface area (Å²) in [5.74, 6) is -0.500. The Morgan fingerprint density at radius 1 is 1.42 bits per heavy atom. The molecule has 1 rings (SSSR count). The maximum absolute atomic E-state index is 11.7. The molecule has 0 spiro atoms. The normalized spacial score (nSPS) is 11.7. The standard InChI is InChI=1S/C12H14ClNO4S/c1-3-18-12(15)5-4-9-6-10(13)8-11(7-9)19(16,17)14-2/h4-8,14H,3H2,1-2H3/b5-4+. The van der Waals surface area contributed by atoms with Crippen molar-refractivity contribution >= 4 is 33.7 Å². The highest BCUT2D eigenvalue weighted by atomic mass is 35.5. The summed E-state index contributed by atoms with van der Waals surface area (Å²) in [6, 6.07) is 4.29. The van der Waals surface area contributed by atoms with Crippen LogP contribution in [0.4, 0.5) is 0 Å². The van der Waals surface area contributed by atoms with Gasteiger partial charge in [-0.05, 0) is 43.8 Å². The molecule has 104 valence electrons. The number of hydrogen-bond acceptors (Lipinski definition) is 4. The van der Waals surface area contributed by atoms with Crippen molar-refractivity contribution in [2.45, 2.75) is 11.8 Å². The molecule has 0 saturated carbocycles. The van der Waals surface area contributed by atoms with Crippen molar-refractivity contribution in [3.63, 3.8) is 0 Å². The summed E-state index contributed by atoms with van der Waals surface area (Å²) in [4.78, 5) is 11.2. The lowest BCUT2D eigenvalue weighted by Crippen LogP contribution is -2.18. The number of halogens is 1. The SMILES string of the molecule is CCOC(=O)/C=C/c1cc(Cl)cc(S(=O)(=O)NC)c1. The van der Waals surface area contributed by atoms with Crippen molar-refractivity contribution in [1.82, 2.24) is 4.72 Å². The summed E-state index contributed by atoms with van der Waals surface area (Å²) in [7, 11) is -2.27. The van der Waals surface area contributed by atoms with Gasteiger partial charge in [-0.2, -0.15) is 0 Å². The predicted molar refractivity (Wildman–Crippen MR) is 73.4 cm³/mol. The van der Waals surface area contributed by atoms with Crippen LogP contribution in [0.25, 0.3) is 6.08 Å². The van der Waals surface area contributed by atoms with E-state index in [1.165, 1.54) is 31.3 Å². The molecule has 0 atom stereocenters. The van der Waals surface area contributed by atoms with Gasteiger partial charge in [0.05, 0.1) is 11.5 Å². The van der Waals surface area contributed by atoms with Crippen LogP contribution < -0.4 is 4.72 Å². The Morgan fingerprint density at radius 2 is 2.11 bits per heavy atom. The molecular weight excluding hydrogens is 290 g/mol. The third kappa shape index (κ3) is 4.66. The molecule has 0 unspecified atom stereocenters.